The summed E-state index contributed by atoms with van der Waals surface area (Å²) in [5.74, 6) is -1.49. The quantitative estimate of drug-likeness (QED) is 0.286. The normalized spacial score (nSPS) is 19.9. The van der Waals surface area contributed by atoms with E-state index in [0.29, 0.717) is 19.3 Å². The Morgan fingerprint density at radius 3 is 2.71 bits per heavy atom. The molecule has 0 bridgehead atoms. The summed E-state index contributed by atoms with van der Waals surface area (Å²) >= 11 is 0. The molecular weight excluding hydrogens is 362 g/mol. The Morgan fingerprint density at radius 1 is 1.39 bits per heavy atom. The van der Waals surface area contributed by atoms with Crippen LogP contribution in [0.1, 0.15) is 57.7 Å². The SMILES string of the molecule is C=[N+]1C(=O)C(CCCCC(C)OC(=O)C(N)[C@@H](C)CC)C(=O)n2c1nc[n+]2C. The molecule has 0 aromatic carbocycles. The highest BCUT2D eigenvalue weighted by atomic mass is 16.5. The molecule has 0 radical (unpaired) electrons. The molecule has 2 heterocycles. The first-order chi connectivity index (χ1) is 13.2. The molecule has 1 aliphatic rings. The zero-order valence-corrected chi connectivity index (χ0v) is 17.1. The smallest absolute Gasteiger partial charge is 0.462 e. The van der Waals surface area contributed by atoms with Gasteiger partial charge in [-0.15, -0.1) is 4.68 Å². The Labute approximate surface area is 165 Å². The van der Waals surface area contributed by atoms with Crippen LogP contribution < -0.4 is 10.4 Å². The predicted octanol–water partition coefficient (Wildman–Crippen LogP) is 0.714. The van der Waals surface area contributed by atoms with Crippen LogP contribution >= 0.6 is 0 Å². The van der Waals surface area contributed by atoms with E-state index < -0.39 is 12.0 Å². The molecule has 9 heteroatoms. The lowest BCUT2D eigenvalue weighted by Gasteiger charge is -2.20. The summed E-state index contributed by atoms with van der Waals surface area (Å²) < 4.78 is 9.48. The van der Waals surface area contributed by atoms with Gasteiger partial charge in [0.2, 0.25) is 0 Å². The Hall–Kier alpha value is -2.42. The topological polar surface area (TPSA) is 111 Å². The fourth-order valence-corrected chi connectivity index (χ4v) is 3.21. The summed E-state index contributed by atoms with van der Waals surface area (Å²) in [6, 6.07) is -0.613. The monoisotopic (exact) mass is 393 g/mol. The van der Waals surface area contributed by atoms with Crippen LogP contribution in [0.5, 0.6) is 0 Å². The molecule has 0 spiro atoms. The third-order valence-corrected chi connectivity index (χ3v) is 5.36. The molecule has 2 rings (SSSR count). The molecule has 3 unspecified atom stereocenters. The van der Waals surface area contributed by atoms with Gasteiger partial charge in [-0.1, -0.05) is 26.7 Å². The lowest BCUT2D eigenvalue weighted by atomic mass is 9.97. The van der Waals surface area contributed by atoms with E-state index in [1.54, 1.807) is 7.05 Å². The number of rotatable bonds is 9. The molecule has 9 nitrogen and oxygen atoms in total. The van der Waals surface area contributed by atoms with Crippen molar-refractivity contribution in [3.8, 4) is 0 Å². The summed E-state index contributed by atoms with van der Waals surface area (Å²) in [7, 11) is 1.69. The molecule has 1 aromatic rings. The summed E-state index contributed by atoms with van der Waals surface area (Å²) in [6.07, 6.45) is 4.46. The number of unbranched alkanes of at least 4 members (excludes halogenated alkanes) is 1. The minimum Gasteiger partial charge on any atom is -0.462 e. The standard InChI is InChI=1S/C19H31N5O4/c1-6-12(2)15(20)18(27)28-13(3)9-7-8-10-14-16(25)23(5)19-21-11-22(4)24(19)17(14)26/h11-15H,5-10,20H2,1-4H3/q+2/t12-,13?,14?,15?/m0/s1. The molecule has 0 fully saturated rings. The number of nitrogens with zero attached hydrogens (tertiary/aromatic N) is 4. The molecular formula is C19H31N5O4+2. The van der Waals surface area contributed by atoms with E-state index in [1.165, 1.54) is 20.3 Å². The summed E-state index contributed by atoms with van der Waals surface area (Å²) in [4.78, 5) is 41.1. The van der Waals surface area contributed by atoms with Crippen LogP contribution in [0.4, 0.5) is 5.95 Å². The van der Waals surface area contributed by atoms with Gasteiger partial charge in [-0.2, -0.15) is 4.58 Å². The van der Waals surface area contributed by atoms with Crippen molar-refractivity contribution < 1.29 is 28.4 Å². The number of aryl methyl sites for hydroxylation is 1. The van der Waals surface area contributed by atoms with Gasteiger partial charge in [0.05, 0.1) is 6.10 Å². The van der Waals surface area contributed by atoms with Crippen LogP contribution in [-0.4, -0.2) is 50.9 Å². The fraction of sp³-hybridized carbons (Fsp3) is 0.684. The predicted molar refractivity (Wildman–Crippen MR) is 101 cm³/mol. The summed E-state index contributed by atoms with van der Waals surface area (Å²) in [5.41, 5.74) is 5.89. The number of nitrogens with two attached hydrogens (primary N) is 1. The fourth-order valence-electron chi connectivity index (χ4n) is 3.21. The number of carbonyl (C=O) groups is 3. The van der Waals surface area contributed by atoms with E-state index in [4.69, 9.17) is 10.5 Å². The Bertz CT molecular complexity index is 772. The van der Waals surface area contributed by atoms with Crippen LogP contribution in [0.25, 0.3) is 0 Å². The van der Waals surface area contributed by atoms with Gasteiger partial charge in [0.1, 0.15) is 13.1 Å². The molecule has 2 N–H and O–H groups in total. The second-order valence-corrected chi connectivity index (χ2v) is 7.53. The highest BCUT2D eigenvalue weighted by Crippen LogP contribution is 2.23. The maximum Gasteiger partial charge on any atom is 0.488 e. The van der Waals surface area contributed by atoms with E-state index in [2.05, 4.69) is 11.7 Å². The van der Waals surface area contributed by atoms with Crippen molar-refractivity contribution in [2.24, 2.45) is 24.6 Å². The minimum absolute atomic E-state index is 0.0722. The summed E-state index contributed by atoms with van der Waals surface area (Å²) in [6.45, 7) is 9.44. The number of hydrogen-bond donors (Lipinski definition) is 1. The van der Waals surface area contributed by atoms with Crippen molar-refractivity contribution in [3.63, 3.8) is 0 Å². The first-order valence-corrected chi connectivity index (χ1v) is 9.77. The van der Waals surface area contributed by atoms with Crippen LogP contribution in [-0.2, 0) is 21.4 Å². The number of fused-ring (bicyclic) bond motifs is 1. The summed E-state index contributed by atoms with van der Waals surface area (Å²) in [5, 5.41) is 0. The van der Waals surface area contributed by atoms with Crippen molar-refractivity contribution >= 4 is 30.4 Å². The second-order valence-electron chi connectivity index (χ2n) is 7.53. The third-order valence-electron chi connectivity index (χ3n) is 5.36. The molecule has 0 saturated heterocycles. The highest BCUT2D eigenvalue weighted by Gasteiger charge is 2.47. The van der Waals surface area contributed by atoms with Gasteiger partial charge in [-0.05, 0) is 36.8 Å². The van der Waals surface area contributed by atoms with Crippen LogP contribution in [0, 0.1) is 11.8 Å². The van der Waals surface area contributed by atoms with Gasteiger partial charge in [0, 0.05) is 11.7 Å². The molecule has 1 amide bonds. The lowest BCUT2D eigenvalue weighted by molar-refractivity contribution is -0.746. The molecule has 4 atom stereocenters. The van der Waals surface area contributed by atoms with Gasteiger partial charge in [-0.3, -0.25) is 14.4 Å². The van der Waals surface area contributed by atoms with Crippen LogP contribution in [0.15, 0.2) is 6.33 Å². The van der Waals surface area contributed by atoms with E-state index >= 15 is 0 Å². The van der Waals surface area contributed by atoms with E-state index in [9.17, 15) is 14.4 Å². The first-order valence-electron chi connectivity index (χ1n) is 9.77. The Morgan fingerprint density at radius 2 is 2.07 bits per heavy atom. The Balaban J connectivity index is 1.83. The zero-order chi connectivity index (χ0) is 21.0. The van der Waals surface area contributed by atoms with Crippen molar-refractivity contribution in [1.82, 2.24) is 9.67 Å². The number of aromatic nitrogens is 3. The highest BCUT2D eigenvalue weighted by molar-refractivity contribution is 6.01. The van der Waals surface area contributed by atoms with E-state index in [1.807, 2.05) is 20.8 Å². The number of esters is 1. The number of amides is 1. The van der Waals surface area contributed by atoms with Crippen molar-refractivity contribution in [2.75, 3.05) is 0 Å². The van der Waals surface area contributed by atoms with Gasteiger partial charge < -0.3 is 10.5 Å². The third kappa shape index (κ3) is 4.52. The van der Waals surface area contributed by atoms with E-state index in [0.717, 1.165) is 12.8 Å². The maximum absolute atomic E-state index is 12.6. The average Bonchev–Trinajstić information content (AvgIpc) is 3.06. The Kier molecular flexibility index (Phi) is 7.17. The van der Waals surface area contributed by atoms with E-state index in [-0.39, 0.29) is 35.8 Å². The van der Waals surface area contributed by atoms with Crippen LogP contribution in [0.3, 0.4) is 0 Å². The van der Waals surface area contributed by atoms with Crippen molar-refractivity contribution in [2.45, 2.75) is 65.0 Å². The van der Waals surface area contributed by atoms with Gasteiger partial charge in [-0.25, -0.2) is 0 Å². The van der Waals surface area contributed by atoms with Crippen molar-refractivity contribution in [1.29, 1.82) is 0 Å². The second kappa shape index (κ2) is 9.18. The largest absolute Gasteiger partial charge is 0.488 e. The minimum atomic E-state index is -0.776. The van der Waals surface area contributed by atoms with Crippen molar-refractivity contribution in [3.05, 3.63) is 6.33 Å². The lowest BCUT2D eigenvalue weighted by Crippen LogP contribution is -2.50. The molecule has 0 aliphatic carbocycles. The zero-order valence-electron chi connectivity index (χ0n) is 17.1. The molecule has 1 aromatic heterocycles. The maximum atomic E-state index is 12.6. The molecule has 28 heavy (non-hydrogen) atoms. The average molecular weight is 393 g/mol. The van der Waals surface area contributed by atoms with Gasteiger partial charge in [0.15, 0.2) is 5.92 Å². The first kappa shape index (κ1) is 21.9. The van der Waals surface area contributed by atoms with Gasteiger partial charge >= 0.3 is 30.1 Å². The number of hydrogen-bond acceptors (Lipinski definition) is 6. The molecule has 1 aliphatic heterocycles. The van der Waals surface area contributed by atoms with Crippen LogP contribution in [0.2, 0.25) is 0 Å². The molecule has 154 valence electrons. The number of ether oxygens (including phenoxy) is 1. The van der Waals surface area contributed by atoms with Gasteiger partial charge in [0.25, 0.3) is 0 Å². The molecule has 0 saturated carbocycles. The number of carbonyl (C=O) groups excluding carboxylic acids is 3.